The zero-order valence-corrected chi connectivity index (χ0v) is 15.6. The molecule has 5 nitrogen and oxygen atoms in total. The number of nitrogens with one attached hydrogen (secondary N) is 1. The summed E-state index contributed by atoms with van der Waals surface area (Å²) in [6, 6.07) is 15.5. The molecule has 1 N–H and O–H groups in total. The monoisotopic (exact) mass is 382 g/mol. The molecule has 0 bridgehead atoms. The van der Waals surface area contributed by atoms with Crippen molar-refractivity contribution in [3.63, 3.8) is 0 Å². The van der Waals surface area contributed by atoms with Crippen LogP contribution in [0.2, 0.25) is 0 Å². The first-order valence-electron chi connectivity index (χ1n) is 9.60. The van der Waals surface area contributed by atoms with Crippen LogP contribution in [0.4, 0.5) is 4.39 Å². The van der Waals surface area contributed by atoms with Crippen LogP contribution in [0.25, 0.3) is 0 Å². The molecule has 146 valence electrons. The minimum atomic E-state index is -0.846. The smallest absolute Gasteiger partial charge is 0.232 e. The molecular weight excluding hydrogens is 359 g/mol. The van der Waals surface area contributed by atoms with E-state index >= 15 is 0 Å². The third kappa shape index (κ3) is 3.46. The number of rotatable bonds is 6. The van der Waals surface area contributed by atoms with E-state index in [4.69, 9.17) is 4.74 Å². The van der Waals surface area contributed by atoms with Gasteiger partial charge in [0.15, 0.2) is 0 Å². The van der Waals surface area contributed by atoms with Crippen LogP contribution >= 0.6 is 0 Å². The molecule has 0 aromatic heterocycles. The Morgan fingerprint density at radius 1 is 1.18 bits per heavy atom. The van der Waals surface area contributed by atoms with Crippen molar-refractivity contribution in [2.24, 2.45) is 0 Å². The van der Waals surface area contributed by atoms with Crippen molar-refractivity contribution in [2.45, 2.75) is 30.7 Å². The molecular formula is C22H23FN2O3. The molecule has 2 aliphatic heterocycles. The summed E-state index contributed by atoms with van der Waals surface area (Å²) < 4.78 is 19.1. The van der Waals surface area contributed by atoms with Crippen LogP contribution in [0.15, 0.2) is 54.6 Å². The SMILES string of the molecule is O=C1CCC2CC(C(=O)NCCOc3ccccc3)(c3ccc(F)cc3)CN12. The summed E-state index contributed by atoms with van der Waals surface area (Å²) in [4.78, 5) is 27.2. The highest BCUT2D eigenvalue weighted by molar-refractivity contribution is 5.91. The summed E-state index contributed by atoms with van der Waals surface area (Å²) in [5, 5.41) is 2.96. The van der Waals surface area contributed by atoms with Crippen molar-refractivity contribution >= 4 is 11.8 Å². The van der Waals surface area contributed by atoms with Gasteiger partial charge in [-0.15, -0.1) is 0 Å². The summed E-state index contributed by atoms with van der Waals surface area (Å²) in [5.74, 6) is 0.356. The first kappa shape index (κ1) is 18.5. The third-order valence-electron chi connectivity index (χ3n) is 5.71. The first-order valence-corrected chi connectivity index (χ1v) is 9.60. The van der Waals surface area contributed by atoms with E-state index in [0.29, 0.717) is 32.5 Å². The average molecular weight is 382 g/mol. The summed E-state index contributed by atoms with van der Waals surface area (Å²) in [7, 11) is 0. The number of carbonyl (C=O) groups excluding carboxylic acids is 2. The molecule has 2 aliphatic rings. The van der Waals surface area contributed by atoms with Gasteiger partial charge in [0.2, 0.25) is 11.8 Å². The maximum absolute atomic E-state index is 13.4. The van der Waals surface area contributed by atoms with Gasteiger partial charge in [-0.05, 0) is 42.7 Å². The molecule has 0 saturated carbocycles. The van der Waals surface area contributed by atoms with Gasteiger partial charge in [0.1, 0.15) is 18.2 Å². The second-order valence-electron chi connectivity index (χ2n) is 7.42. The Balaban J connectivity index is 1.47. The predicted molar refractivity (Wildman–Crippen MR) is 102 cm³/mol. The maximum Gasteiger partial charge on any atom is 0.232 e. The minimum absolute atomic E-state index is 0.0730. The standard InChI is InChI=1S/C22H23FN2O3/c23-17-8-6-16(7-9-17)22(14-18-10-11-20(26)25(18)15-22)21(27)24-12-13-28-19-4-2-1-3-5-19/h1-9,18H,10-15H2,(H,24,27). The number of ether oxygens (including phenoxy) is 1. The summed E-state index contributed by atoms with van der Waals surface area (Å²) >= 11 is 0. The third-order valence-corrected chi connectivity index (χ3v) is 5.71. The van der Waals surface area contributed by atoms with E-state index < -0.39 is 5.41 Å². The maximum atomic E-state index is 13.4. The quantitative estimate of drug-likeness (QED) is 0.782. The summed E-state index contributed by atoms with van der Waals surface area (Å²) in [5.41, 5.74) is -0.0983. The van der Waals surface area contributed by atoms with Crippen LogP contribution in [-0.4, -0.2) is 42.5 Å². The van der Waals surface area contributed by atoms with Crippen LogP contribution in [0.1, 0.15) is 24.8 Å². The lowest BCUT2D eigenvalue weighted by Gasteiger charge is -2.29. The van der Waals surface area contributed by atoms with Crippen LogP contribution < -0.4 is 10.1 Å². The molecule has 4 rings (SSSR count). The lowest BCUT2D eigenvalue weighted by molar-refractivity contribution is -0.129. The number of hydrogen-bond acceptors (Lipinski definition) is 3. The predicted octanol–water partition coefficient (Wildman–Crippen LogP) is 2.65. The zero-order valence-electron chi connectivity index (χ0n) is 15.6. The molecule has 0 radical (unpaired) electrons. The van der Waals surface area contributed by atoms with Gasteiger partial charge < -0.3 is 15.0 Å². The number of nitrogens with zero attached hydrogens (tertiary/aromatic N) is 1. The molecule has 2 aromatic rings. The fourth-order valence-corrected chi connectivity index (χ4v) is 4.27. The highest BCUT2D eigenvalue weighted by Gasteiger charge is 2.53. The average Bonchev–Trinajstić information content (AvgIpc) is 3.26. The van der Waals surface area contributed by atoms with Crippen LogP contribution in [0, 0.1) is 5.82 Å². The van der Waals surface area contributed by atoms with E-state index in [1.165, 1.54) is 12.1 Å². The van der Waals surface area contributed by atoms with E-state index in [1.807, 2.05) is 35.2 Å². The highest BCUT2D eigenvalue weighted by atomic mass is 19.1. The lowest BCUT2D eigenvalue weighted by Crippen LogP contribution is -2.48. The van der Waals surface area contributed by atoms with E-state index in [2.05, 4.69) is 5.32 Å². The Hall–Kier alpha value is -2.89. The molecule has 6 heteroatoms. The number of para-hydroxylation sites is 1. The van der Waals surface area contributed by atoms with E-state index in [1.54, 1.807) is 12.1 Å². The second kappa shape index (κ2) is 7.62. The van der Waals surface area contributed by atoms with E-state index in [0.717, 1.165) is 17.7 Å². The molecule has 0 spiro atoms. The minimum Gasteiger partial charge on any atom is -0.492 e. The topological polar surface area (TPSA) is 58.6 Å². The number of benzene rings is 2. The van der Waals surface area contributed by atoms with Gasteiger partial charge in [0, 0.05) is 19.0 Å². The Morgan fingerprint density at radius 2 is 1.93 bits per heavy atom. The van der Waals surface area contributed by atoms with Crippen molar-refractivity contribution in [1.29, 1.82) is 0 Å². The van der Waals surface area contributed by atoms with Crippen molar-refractivity contribution in [3.8, 4) is 5.75 Å². The lowest BCUT2D eigenvalue weighted by atomic mass is 9.77. The Morgan fingerprint density at radius 3 is 2.64 bits per heavy atom. The van der Waals surface area contributed by atoms with Crippen LogP contribution in [-0.2, 0) is 15.0 Å². The first-order chi connectivity index (χ1) is 13.6. The molecule has 2 aromatic carbocycles. The molecule has 2 heterocycles. The van der Waals surface area contributed by atoms with E-state index in [9.17, 15) is 14.0 Å². The van der Waals surface area contributed by atoms with Crippen molar-refractivity contribution in [2.75, 3.05) is 19.7 Å². The molecule has 2 fully saturated rings. The molecule has 2 saturated heterocycles. The molecule has 2 amide bonds. The zero-order chi connectivity index (χ0) is 19.6. The number of hydrogen-bond donors (Lipinski definition) is 1. The van der Waals surface area contributed by atoms with Crippen LogP contribution in [0.3, 0.4) is 0 Å². The van der Waals surface area contributed by atoms with Gasteiger partial charge in [-0.2, -0.15) is 0 Å². The summed E-state index contributed by atoms with van der Waals surface area (Å²) in [6.45, 7) is 1.05. The summed E-state index contributed by atoms with van der Waals surface area (Å²) in [6.07, 6.45) is 1.87. The Labute approximate surface area is 163 Å². The number of fused-ring (bicyclic) bond motifs is 1. The largest absolute Gasteiger partial charge is 0.492 e. The second-order valence-corrected chi connectivity index (χ2v) is 7.42. The fourth-order valence-electron chi connectivity index (χ4n) is 4.27. The number of carbonyl (C=O) groups is 2. The van der Waals surface area contributed by atoms with E-state index in [-0.39, 0.29) is 23.7 Å². The van der Waals surface area contributed by atoms with Crippen molar-refractivity contribution in [3.05, 3.63) is 66.0 Å². The molecule has 2 unspecified atom stereocenters. The van der Waals surface area contributed by atoms with Gasteiger partial charge in [-0.3, -0.25) is 9.59 Å². The Bertz CT molecular complexity index is 856. The van der Waals surface area contributed by atoms with Gasteiger partial charge in [-0.1, -0.05) is 30.3 Å². The molecule has 0 aliphatic carbocycles. The fraction of sp³-hybridized carbons (Fsp3) is 0.364. The Kier molecular flexibility index (Phi) is 5.03. The van der Waals surface area contributed by atoms with Crippen LogP contribution in [0.5, 0.6) is 5.75 Å². The van der Waals surface area contributed by atoms with Gasteiger partial charge in [0.25, 0.3) is 0 Å². The van der Waals surface area contributed by atoms with Crippen molar-refractivity contribution < 1.29 is 18.7 Å². The molecule has 28 heavy (non-hydrogen) atoms. The van der Waals surface area contributed by atoms with Gasteiger partial charge in [-0.25, -0.2) is 4.39 Å². The normalized spacial score (nSPS) is 23.5. The molecule has 2 atom stereocenters. The van der Waals surface area contributed by atoms with Gasteiger partial charge >= 0.3 is 0 Å². The van der Waals surface area contributed by atoms with Gasteiger partial charge in [0.05, 0.1) is 12.0 Å². The van der Waals surface area contributed by atoms with Crippen molar-refractivity contribution in [1.82, 2.24) is 10.2 Å². The number of amides is 2. The number of halogens is 1. The highest BCUT2D eigenvalue weighted by Crippen LogP contribution is 2.43.